The molecule has 2 nitrogen and oxygen atoms in total. The van der Waals surface area contributed by atoms with E-state index in [1.54, 1.807) is 11.1 Å². The highest BCUT2D eigenvalue weighted by atomic mass is 16.4. The van der Waals surface area contributed by atoms with Crippen LogP contribution in [-0.2, 0) is 4.79 Å². The Labute approximate surface area is 91.7 Å². The Kier molecular flexibility index (Phi) is 3.38. The number of aliphatic carboxylic acids is 1. The fourth-order valence-corrected chi connectivity index (χ4v) is 2.61. The minimum atomic E-state index is -0.981. The van der Waals surface area contributed by atoms with Crippen LogP contribution in [0.15, 0.2) is 23.8 Å². The van der Waals surface area contributed by atoms with E-state index in [1.165, 1.54) is 19.3 Å². The molecule has 0 saturated heterocycles. The molecule has 84 valence electrons. The lowest BCUT2D eigenvalue weighted by atomic mass is 9.52. The zero-order valence-corrected chi connectivity index (χ0v) is 9.84. The number of allylic oxidation sites excluding steroid dienone is 2. The van der Waals surface area contributed by atoms with E-state index < -0.39 is 5.97 Å². The van der Waals surface area contributed by atoms with Crippen molar-refractivity contribution in [1.29, 1.82) is 0 Å². The van der Waals surface area contributed by atoms with Crippen molar-refractivity contribution in [3.63, 3.8) is 0 Å². The predicted molar refractivity (Wildman–Crippen MR) is 61.7 cm³/mol. The Bertz CT molecular complexity index is 310. The fraction of sp³-hybridized carbons (Fsp3) is 0.615. The third-order valence-electron chi connectivity index (χ3n) is 3.81. The van der Waals surface area contributed by atoms with E-state index in [9.17, 15) is 4.79 Å². The highest BCUT2D eigenvalue weighted by molar-refractivity contribution is 5.78. The molecule has 3 rings (SSSR count). The standard InChI is InChI=1S/C10H16.C3H4O2/c1-7-4-5-8-6-9(7)10(8,2)3;1-2-3(4)5/h8H,4-6H2,1-3H3;2H,1H2,(H,4,5). The lowest BCUT2D eigenvalue weighted by molar-refractivity contribution is -0.131. The van der Waals surface area contributed by atoms with Crippen LogP contribution < -0.4 is 0 Å². The summed E-state index contributed by atoms with van der Waals surface area (Å²) in [6.45, 7) is 10.1. The molecule has 15 heavy (non-hydrogen) atoms. The molecule has 2 bridgehead atoms. The number of carboxylic acid groups (broad SMARTS) is 1. The number of hydrogen-bond donors (Lipinski definition) is 1. The Balaban J connectivity index is 0.000000195. The van der Waals surface area contributed by atoms with Gasteiger partial charge in [0.25, 0.3) is 0 Å². The average molecular weight is 208 g/mol. The van der Waals surface area contributed by atoms with Crippen LogP contribution in [0.2, 0.25) is 0 Å². The molecule has 1 saturated carbocycles. The molecular formula is C13H20O2. The minimum Gasteiger partial charge on any atom is -0.478 e. The Hall–Kier alpha value is -1.05. The summed E-state index contributed by atoms with van der Waals surface area (Å²) < 4.78 is 0. The minimum absolute atomic E-state index is 0.586. The van der Waals surface area contributed by atoms with Gasteiger partial charge in [0.1, 0.15) is 0 Å². The van der Waals surface area contributed by atoms with Crippen LogP contribution in [0.1, 0.15) is 40.0 Å². The second-order valence-corrected chi connectivity index (χ2v) is 4.96. The molecule has 0 heterocycles. The fourth-order valence-electron chi connectivity index (χ4n) is 2.61. The molecule has 0 aromatic rings. The summed E-state index contributed by atoms with van der Waals surface area (Å²) in [5, 5.41) is 7.60. The Morgan fingerprint density at radius 3 is 2.33 bits per heavy atom. The topological polar surface area (TPSA) is 37.3 Å². The van der Waals surface area contributed by atoms with Gasteiger partial charge in [0, 0.05) is 6.08 Å². The summed E-state index contributed by atoms with van der Waals surface area (Å²) in [4.78, 5) is 9.25. The van der Waals surface area contributed by atoms with Crippen LogP contribution in [0.3, 0.4) is 0 Å². The van der Waals surface area contributed by atoms with Gasteiger partial charge in [-0.05, 0) is 37.5 Å². The molecule has 0 aromatic heterocycles. The molecule has 1 N–H and O–H groups in total. The first-order chi connectivity index (χ1) is 6.89. The smallest absolute Gasteiger partial charge is 0.327 e. The van der Waals surface area contributed by atoms with E-state index in [4.69, 9.17) is 5.11 Å². The van der Waals surface area contributed by atoms with Crippen LogP contribution in [0.25, 0.3) is 0 Å². The van der Waals surface area contributed by atoms with Crippen molar-refractivity contribution in [2.75, 3.05) is 0 Å². The highest BCUT2D eigenvalue weighted by Crippen LogP contribution is 2.58. The molecule has 3 aliphatic rings. The highest BCUT2D eigenvalue weighted by Gasteiger charge is 2.46. The van der Waals surface area contributed by atoms with Crippen molar-refractivity contribution in [2.45, 2.75) is 40.0 Å². The van der Waals surface area contributed by atoms with Crippen LogP contribution >= 0.6 is 0 Å². The quantitative estimate of drug-likeness (QED) is 0.529. The van der Waals surface area contributed by atoms with Crippen molar-refractivity contribution in [2.24, 2.45) is 11.3 Å². The molecule has 0 aliphatic heterocycles. The lowest BCUT2D eigenvalue weighted by Gasteiger charge is -2.52. The number of carbonyl (C=O) groups is 1. The number of rotatable bonds is 1. The Morgan fingerprint density at radius 1 is 1.60 bits per heavy atom. The van der Waals surface area contributed by atoms with Crippen LogP contribution in [0.5, 0.6) is 0 Å². The normalized spacial score (nSPS) is 25.9. The van der Waals surface area contributed by atoms with Gasteiger partial charge in [0.15, 0.2) is 0 Å². The van der Waals surface area contributed by atoms with Gasteiger partial charge >= 0.3 is 5.97 Å². The van der Waals surface area contributed by atoms with E-state index in [2.05, 4.69) is 27.4 Å². The summed E-state index contributed by atoms with van der Waals surface area (Å²) >= 11 is 0. The maximum absolute atomic E-state index is 9.25. The summed E-state index contributed by atoms with van der Waals surface area (Å²) in [6, 6.07) is 0. The van der Waals surface area contributed by atoms with Crippen LogP contribution in [-0.4, -0.2) is 11.1 Å². The monoisotopic (exact) mass is 208 g/mol. The van der Waals surface area contributed by atoms with Gasteiger partial charge in [-0.1, -0.05) is 31.6 Å². The van der Waals surface area contributed by atoms with E-state index in [0.29, 0.717) is 5.41 Å². The van der Waals surface area contributed by atoms with Crippen molar-refractivity contribution >= 4 is 5.97 Å². The molecule has 0 spiro atoms. The summed E-state index contributed by atoms with van der Waals surface area (Å²) in [7, 11) is 0. The SMILES string of the molecule is C=CC(=O)O.CC1=C2CC(CC1)C2(C)C. The first-order valence-electron chi connectivity index (χ1n) is 5.44. The molecule has 1 fully saturated rings. The second-order valence-electron chi connectivity index (χ2n) is 4.96. The molecule has 1 atom stereocenters. The van der Waals surface area contributed by atoms with Gasteiger partial charge in [-0.25, -0.2) is 4.79 Å². The maximum atomic E-state index is 9.25. The zero-order chi connectivity index (χ0) is 11.6. The van der Waals surface area contributed by atoms with E-state index in [-0.39, 0.29) is 0 Å². The van der Waals surface area contributed by atoms with Gasteiger partial charge in [0.2, 0.25) is 0 Å². The zero-order valence-electron chi connectivity index (χ0n) is 9.84. The maximum Gasteiger partial charge on any atom is 0.327 e. The first kappa shape index (κ1) is 12.0. The predicted octanol–water partition coefficient (Wildman–Crippen LogP) is 3.40. The number of hydrogen-bond acceptors (Lipinski definition) is 1. The summed E-state index contributed by atoms with van der Waals surface area (Å²) in [5.74, 6) is 0.0381. The Morgan fingerprint density at radius 2 is 2.13 bits per heavy atom. The molecule has 1 unspecified atom stereocenters. The summed E-state index contributed by atoms with van der Waals surface area (Å²) in [6.07, 6.45) is 5.07. The molecule has 0 aromatic carbocycles. The number of carboxylic acids is 1. The molecule has 0 amide bonds. The van der Waals surface area contributed by atoms with Crippen molar-refractivity contribution in [3.05, 3.63) is 23.8 Å². The summed E-state index contributed by atoms with van der Waals surface area (Å²) in [5.41, 5.74) is 4.04. The van der Waals surface area contributed by atoms with Crippen LogP contribution in [0.4, 0.5) is 0 Å². The van der Waals surface area contributed by atoms with E-state index >= 15 is 0 Å². The molecule has 2 heteroatoms. The van der Waals surface area contributed by atoms with Gasteiger partial charge in [0.05, 0.1) is 0 Å². The molecular weight excluding hydrogens is 188 g/mol. The lowest BCUT2D eigenvalue weighted by Crippen LogP contribution is -2.41. The van der Waals surface area contributed by atoms with Gasteiger partial charge in [-0.3, -0.25) is 0 Å². The van der Waals surface area contributed by atoms with Crippen molar-refractivity contribution in [3.8, 4) is 0 Å². The largest absolute Gasteiger partial charge is 0.478 e. The van der Waals surface area contributed by atoms with Gasteiger partial charge < -0.3 is 5.11 Å². The molecule has 3 aliphatic carbocycles. The third-order valence-corrected chi connectivity index (χ3v) is 3.81. The molecule has 0 radical (unpaired) electrons. The van der Waals surface area contributed by atoms with Gasteiger partial charge in [-0.15, -0.1) is 0 Å². The second kappa shape index (κ2) is 4.21. The van der Waals surface area contributed by atoms with Gasteiger partial charge in [-0.2, -0.15) is 0 Å². The van der Waals surface area contributed by atoms with Crippen molar-refractivity contribution < 1.29 is 9.90 Å². The number of fused-ring (bicyclic) bond motifs is 2. The third kappa shape index (κ3) is 2.31. The van der Waals surface area contributed by atoms with Crippen molar-refractivity contribution in [1.82, 2.24) is 0 Å². The van der Waals surface area contributed by atoms with E-state index in [1.807, 2.05) is 0 Å². The average Bonchev–Trinajstić information content (AvgIpc) is 2.18. The first-order valence-corrected chi connectivity index (χ1v) is 5.44. The van der Waals surface area contributed by atoms with Crippen LogP contribution in [0, 0.1) is 11.3 Å². The van der Waals surface area contributed by atoms with E-state index in [0.717, 1.165) is 12.0 Å².